The third kappa shape index (κ3) is 4.83. The Morgan fingerprint density at radius 1 is 1.00 bits per heavy atom. The zero-order valence-electron chi connectivity index (χ0n) is 17.5. The summed E-state index contributed by atoms with van der Waals surface area (Å²) in [5, 5.41) is 14.6. The molecule has 158 valence electrons. The Morgan fingerprint density at radius 2 is 1.76 bits per heavy atom. The van der Waals surface area contributed by atoms with Crippen molar-refractivity contribution < 1.29 is 9.84 Å². The molecule has 2 N–H and O–H groups in total. The Morgan fingerprint density at radius 3 is 2.52 bits per heavy atom. The second-order valence-corrected chi connectivity index (χ2v) is 8.14. The van der Waals surface area contributed by atoms with Gasteiger partial charge >= 0.3 is 0 Å². The Bertz CT molecular complexity index is 816. The lowest BCUT2D eigenvalue weighted by Crippen LogP contribution is -2.21. The normalized spacial score (nSPS) is 17.3. The smallest absolute Gasteiger partial charge is 0.227 e. The van der Waals surface area contributed by atoms with Crippen LogP contribution in [0.2, 0.25) is 0 Å². The molecule has 0 unspecified atom stereocenters. The summed E-state index contributed by atoms with van der Waals surface area (Å²) in [5.41, 5.74) is 0.747. The minimum atomic E-state index is 0.110. The van der Waals surface area contributed by atoms with Crippen LogP contribution < -0.4 is 15.0 Å². The number of phenolic OH excluding ortho intramolecular Hbond substituents is 1. The summed E-state index contributed by atoms with van der Waals surface area (Å²) in [5.74, 6) is 2.13. The van der Waals surface area contributed by atoms with Crippen LogP contribution in [-0.4, -0.2) is 66.4 Å². The number of phenols is 1. The molecule has 2 aromatic rings. The van der Waals surface area contributed by atoms with Gasteiger partial charge in [0.15, 0.2) is 11.5 Å². The first kappa shape index (κ1) is 20.0. The summed E-state index contributed by atoms with van der Waals surface area (Å²) in [6.45, 7) is 6.65. The van der Waals surface area contributed by atoms with E-state index in [2.05, 4.69) is 15.1 Å². The van der Waals surface area contributed by atoms with Gasteiger partial charge in [-0.15, -0.1) is 0 Å². The molecule has 7 heteroatoms. The number of hydrogen-bond acceptors (Lipinski definition) is 7. The number of rotatable bonds is 9. The Hall–Kier alpha value is -2.28. The van der Waals surface area contributed by atoms with Gasteiger partial charge in [-0.3, -0.25) is 0 Å². The highest BCUT2D eigenvalue weighted by molar-refractivity contribution is 5.92. The number of anilines is 2. The van der Waals surface area contributed by atoms with E-state index in [-0.39, 0.29) is 5.75 Å². The Kier molecular flexibility index (Phi) is 6.54. The number of benzene rings is 1. The van der Waals surface area contributed by atoms with Gasteiger partial charge in [-0.25, -0.2) is 4.98 Å². The standard InChI is InChI=1S/C22H33N5O2/c1-29-20-15-17-18(16-19(20)28)24-22(27-13-7-8-14-27)25-21(17)23-9-3-2-4-10-26-11-5-6-12-26/h15-16,28H,2-14H2,1H3,(H,23,24,25). The van der Waals surface area contributed by atoms with Crippen molar-refractivity contribution in [1.82, 2.24) is 14.9 Å². The lowest BCUT2D eigenvalue weighted by atomic mass is 10.2. The van der Waals surface area contributed by atoms with Crippen LogP contribution in [-0.2, 0) is 0 Å². The summed E-state index contributed by atoms with van der Waals surface area (Å²) in [4.78, 5) is 14.3. The molecule has 2 saturated heterocycles. The maximum absolute atomic E-state index is 10.2. The SMILES string of the molecule is COc1cc2c(NCCCCCN3CCCC3)nc(N3CCCC3)nc2cc1O. The maximum atomic E-state index is 10.2. The average molecular weight is 400 g/mol. The van der Waals surface area contributed by atoms with E-state index < -0.39 is 0 Å². The van der Waals surface area contributed by atoms with Gasteiger partial charge in [0.1, 0.15) is 5.82 Å². The first-order valence-electron chi connectivity index (χ1n) is 11.0. The molecule has 0 radical (unpaired) electrons. The van der Waals surface area contributed by atoms with Crippen molar-refractivity contribution in [2.45, 2.75) is 44.9 Å². The van der Waals surface area contributed by atoms with Crippen LogP contribution in [0.25, 0.3) is 10.9 Å². The first-order valence-corrected chi connectivity index (χ1v) is 11.0. The van der Waals surface area contributed by atoms with Crippen molar-refractivity contribution in [1.29, 1.82) is 0 Å². The van der Waals surface area contributed by atoms with Crippen LogP contribution in [0.3, 0.4) is 0 Å². The van der Waals surface area contributed by atoms with Gasteiger partial charge in [0.25, 0.3) is 0 Å². The highest BCUT2D eigenvalue weighted by Gasteiger charge is 2.19. The number of ether oxygens (including phenoxy) is 1. The van der Waals surface area contributed by atoms with Crippen LogP contribution in [0.4, 0.5) is 11.8 Å². The number of methoxy groups -OCH3 is 1. The third-order valence-corrected chi connectivity index (χ3v) is 6.02. The number of aromatic nitrogens is 2. The fourth-order valence-corrected chi connectivity index (χ4v) is 4.34. The molecule has 2 aliphatic rings. The van der Waals surface area contributed by atoms with Crippen molar-refractivity contribution in [2.75, 3.05) is 56.6 Å². The zero-order chi connectivity index (χ0) is 20.1. The monoisotopic (exact) mass is 399 g/mol. The van der Waals surface area contributed by atoms with Gasteiger partial charge in [-0.05, 0) is 64.2 Å². The van der Waals surface area contributed by atoms with Crippen LogP contribution in [0.15, 0.2) is 12.1 Å². The van der Waals surface area contributed by atoms with Crippen molar-refractivity contribution in [3.63, 3.8) is 0 Å². The Labute approximate surface area is 173 Å². The average Bonchev–Trinajstić information content (AvgIpc) is 3.44. The minimum absolute atomic E-state index is 0.110. The fourth-order valence-electron chi connectivity index (χ4n) is 4.34. The van der Waals surface area contributed by atoms with Gasteiger partial charge in [-0.2, -0.15) is 4.98 Å². The molecule has 0 saturated carbocycles. The predicted molar refractivity (Wildman–Crippen MR) is 117 cm³/mol. The third-order valence-electron chi connectivity index (χ3n) is 6.02. The first-order chi connectivity index (χ1) is 14.2. The summed E-state index contributed by atoms with van der Waals surface area (Å²) in [6, 6.07) is 3.50. The molecule has 1 aromatic carbocycles. The maximum Gasteiger partial charge on any atom is 0.227 e. The van der Waals surface area contributed by atoms with E-state index in [0.29, 0.717) is 5.75 Å². The van der Waals surface area contributed by atoms with Crippen LogP contribution in [0.5, 0.6) is 11.5 Å². The van der Waals surface area contributed by atoms with E-state index in [1.807, 2.05) is 6.07 Å². The number of fused-ring (bicyclic) bond motifs is 1. The molecule has 4 rings (SSSR count). The Balaban J connectivity index is 1.43. The quantitative estimate of drug-likeness (QED) is 0.624. The van der Waals surface area contributed by atoms with E-state index in [4.69, 9.17) is 14.7 Å². The van der Waals surface area contributed by atoms with Gasteiger partial charge < -0.3 is 25.0 Å². The van der Waals surface area contributed by atoms with E-state index in [1.54, 1.807) is 13.2 Å². The van der Waals surface area contributed by atoms with Gasteiger partial charge in [0.05, 0.1) is 12.6 Å². The second kappa shape index (κ2) is 9.48. The molecular formula is C22H33N5O2. The molecule has 2 fully saturated rings. The zero-order valence-corrected chi connectivity index (χ0v) is 17.5. The molecule has 29 heavy (non-hydrogen) atoms. The van der Waals surface area contributed by atoms with E-state index in [0.717, 1.165) is 48.7 Å². The molecule has 0 aliphatic carbocycles. The molecule has 1 aromatic heterocycles. The van der Waals surface area contributed by atoms with E-state index >= 15 is 0 Å². The van der Waals surface area contributed by atoms with Gasteiger partial charge in [0.2, 0.25) is 5.95 Å². The van der Waals surface area contributed by atoms with Crippen molar-refractivity contribution in [3.8, 4) is 11.5 Å². The lowest BCUT2D eigenvalue weighted by Gasteiger charge is -2.18. The number of aromatic hydroxyl groups is 1. The summed E-state index contributed by atoms with van der Waals surface area (Å²) >= 11 is 0. The minimum Gasteiger partial charge on any atom is -0.504 e. The van der Waals surface area contributed by atoms with Crippen molar-refractivity contribution in [2.24, 2.45) is 0 Å². The van der Waals surface area contributed by atoms with E-state index in [9.17, 15) is 5.11 Å². The highest BCUT2D eigenvalue weighted by Crippen LogP contribution is 2.34. The van der Waals surface area contributed by atoms with Crippen LogP contribution in [0.1, 0.15) is 44.9 Å². The molecular weight excluding hydrogens is 366 g/mol. The highest BCUT2D eigenvalue weighted by atomic mass is 16.5. The fraction of sp³-hybridized carbons (Fsp3) is 0.636. The molecule has 0 spiro atoms. The molecule has 0 bridgehead atoms. The molecule has 0 atom stereocenters. The summed E-state index contributed by atoms with van der Waals surface area (Å²) in [7, 11) is 1.56. The van der Waals surface area contributed by atoms with Gasteiger partial charge in [0, 0.05) is 31.1 Å². The molecule has 0 amide bonds. The van der Waals surface area contributed by atoms with E-state index in [1.165, 1.54) is 58.2 Å². The van der Waals surface area contributed by atoms with Crippen LogP contribution >= 0.6 is 0 Å². The predicted octanol–water partition coefficient (Wildman–Crippen LogP) is 3.62. The summed E-state index contributed by atoms with van der Waals surface area (Å²) < 4.78 is 5.30. The number of unbranched alkanes of at least 4 members (excludes halogenated alkanes) is 2. The number of nitrogens with one attached hydrogen (secondary N) is 1. The van der Waals surface area contributed by atoms with Crippen molar-refractivity contribution in [3.05, 3.63) is 12.1 Å². The molecule has 2 aliphatic heterocycles. The molecule has 3 heterocycles. The number of nitrogens with zero attached hydrogens (tertiary/aromatic N) is 4. The number of hydrogen-bond donors (Lipinski definition) is 2. The second-order valence-electron chi connectivity index (χ2n) is 8.14. The largest absolute Gasteiger partial charge is 0.504 e. The number of likely N-dealkylation sites (tertiary alicyclic amines) is 1. The molecule has 7 nitrogen and oxygen atoms in total. The van der Waals surface area contributed by atoms with Gasteiger partial charge in [-0.1, -0.05) is 6.42 Å². The summed E-state index contributed by atoms with van der Waals surface area (Å²) in [6.07, 6.45) is 8.67. The lowest BCUT2D eigenvalue weighted by molar-refractivity contribution is 0.329. The topological polar surface area (TPSA) is 73.8 Å². The van der Waals surface area contributed by atoms with Crippen molar-refractivity contribution >= 4 is 22.7 Å². The van der Waals surface area contributed by atoms with Crippen LogP contribution in [0, 0.1) is 0 Å².